The number of thiophene rings is 1. The van der Waals surface area contributed by atoms with Crippen LogP contribution in [0.15, 0.2) is 28.8 Å². The Morgan fingerprint density at radius 1 is 1.44 bits per heavy atom. The number of nitrogens with one attached hydrogen (secondary N) is 1. The van der Waals surface area contributed by atoms with Gasteiger partial charge in [0.1, 0.15) is 17.1 Å². The topological polar surface area (TPSA) is 113 Å². The summed E-state index contributed by atoms with van der Waals surface area (Å²) in [5, 5.41) is 13.2. The fourth-order valence-corrected chi connectivity index (χ4v) is 4.70. The number of rotatable bonds is 5. The van der Waals surface area contributed by atoms with Crippen molar-refractivity contribution < 1.29 is 29.0 Å². The number of amides is 2. The van der Waals surface area contributed by atoms with E-state index in [9.17, 15) is 24.3 Å². The third-order valence-electron chi connectivity index (χ3n) is 3.84. The molecule has 1 aromatic heterocycles. The lowest BCUT2D eigenvalue weighted by Crippen LogP contribution is -2.70. The minimum absolute atomic E-state index is 0.0471. The zero-order valence-corrected chi connectivity index (χ0v) is 14.7. The monoisotopic (exact) mass is 382 g/mol. The molecule has 0 spiro atoms. The van der Waals surface area contributed by atoms with Crippen molar-refractivity contribution in [2.24, 2.45) is 0 Å². The van der Waals surface area contributed by atoms with E-state index in [-0.39, 0.29) is 29.4 Å². The third-order valence-corrected chi connectivity index (χ3v) is 5.99. The molecule has 2 aliphatic heterocycles. The highest BCUT2D eigenvalue weighted by Gasteiger charge is 2.55. The second-order valence-corrected chi connectivity index (χ2v) is 7.47. The summed E-state index contributed by atoms with van der Waals surface area (Å²) in [6, 6.07) is 2.88. The maximum atomic E-state index is 12.4. The van der Waals surface area contributed by atoms with E-state index in [1.54, 1.807) is 0 Å². The standard InChI is InChI=1S/C15H14N2O6S2/c1-23-15(22)11-8(14(20)21)6-25-13-10(12(19)17(11)13)16-9(18)5-7-3-2-4-24-7/h2-4,10,13H,5-6H2,1H3,(H,16,18)(H,20,21)/t10?,13-/m0/s1. The number of carbonyl (C=O) groups excluding carboxylic acids is 3. The number of carboxylic acids is 1. The molecule has 1 aromatic rings. The summed E-state index contributed by atoms with van der Waals surface area (Å²) in [7, 11) is 1.12. The molecular formula is C15H14N2O6S2. The fourth-order valence-electron chi connectivity index (χ4n) is 2.66. The van der Waals surface area contributed by atoms with Crippen LogP contribution < -0.4 is 5.32 Å². The molecule has 8 nitrogen and oxygen atoms in total. The Morgan fingerprint density at radius 2 is 2.20 bits per heavy atom. The maximum absolute atomic E-state index is 12.4. The van der Waals surface area contributed by atoms with Gasteiger partial charge in [-0.25, -0.2) is 9.59 Å². The van der Waals surface area contributed by atoms with Crippen LogP contribution in [0.2, 0.25) is 0 Å². The molecule has 25 heavy (non-hydrogen) atoms. The normalized spacial score (nSPS) is 22.1. The average molecular weight is 382 g/mol. The lowest BCUT2D eigenvalue weighted by Gasteiger charge is -2.49. The Morgan fingerprint density at radius 3 is 2.80 bits per heavy atom. The predicted octanol–water partition coefficient (Wildman–Crippen LogP) is 0.202. The quantitative estimate of drug-likeness (QED) is 0.553. The van der Waals surface area contributed by atoms with Gasteiger partial charge in [0.25, 0.3) is 5.91 Å². The molecule has 2 amide bonds. The van der Waals surface area contributed by atoms with Crippen molar-refractivity contribution in [3.63, 3.8) is 0 Å². The summed E-state index contributed by atoms with van der Waals surface area (Å²) in [4.78, 5) is 49.7. The van der Waals surface area contributed by atoms with Gasteiger partial charge in [0.15, 0.2) is 0 Å². The van der Waals surface area contributed by atoms with Gasteiger partial charge in [0, 0.05) is 10.6 Å². The summed E-state index contributed by atoms with van der Waals surface area (Å²) in [5.74, 6) is -2.92. The van der Waals surface area contributed by atoms with Gasteiger partial charge in [-0.15, -0.1) is 23.1 Å². The Labute approximate surface area is 150 Å². The van der Waals surface area contributed by atoms with E-state index in [1.165, 1.54) is 23.1 Å². The van der Waals surface area contributed by atoms with Crippen molar-refractivity contribution in [3.05, 3.63) is 33.7 Å². The first-order valence-corrected chi connectivity index (χ1v) is 9.18. The predicted molar refractivity (Wildman–Crippen MR) is 89.7 cm³/mol. The van der Waals surface area contributed by atoms with Crippen LogP contribution >= 0.6 is 23.1 Å². The molecule has 1 unspecified atom stereocenters. The van der Waals surface area contributed by atoms with Gasteiger partial charge in [-0.05, 0) is 11.4 Å². The van der Waals surface area contributed by atoms with Gasteiger partial charge in [-0.1, -0.05) is 6.07 Å². The van der Waals surface area contributed by atoms with Crippen LogP contribution in [0.1, 0.15) is 4.88 Å². The lowest BCUT2D eigenvalue weighted by molar-refractivity contribution is -0.152. The summed E-state index contributed by atoms with van der Waals surface area (Å²) >= 11 is 2.63. The van der Waals surface area contributed by atoms with Crippen molar-refractivity contribution in [3.8, 4) is 0 Å². The van der Waals surface area contributed by atoms with E-state index in [0.717, 1.165) is 16.9 Å². The van der Waals surface area contributed by atoms with Gasteiger partial charge >= 0.3 is 11.9 Å². The van der Waals surface area contributed by atoms with Gasteiger partial charge in [0.05, 0.1) is 19.1 Å². The number of thioether (sulfide) groups is 1. The van der Waals surface area contributed by atoms with Gasteiger partial charge in [-0.2, -0.15) is 0 Å². The number of esters is 1. The molecule has 0 saturated carbocycles. The molecule has 2 atom stereocenters. The molecule has 0 radical (unpaired) electrons. The van der Waals surface area contributed by atoms with E-state index in [2.05, 4.69) is 10.1 Å². The van der Waals surface area contributed by atoms with Crippen LogP contribution in [-0.4, -0.2) is 58.0 Å². The second-order valence-electron chi connectivity index (χ2n) is 5.34. The molecule has 0 aromatic carbocycles. The number of aliphatic carboxylic acids is 1. The fraction of sp³-hybridized carbons (Fsp3) is 0.333. The molecule has 3 heterocycles. The van der Waals surface area contributed by atoms with Crippen LogP contribution in [0.25, 0.3) is 0 Å². The second kappa shape index (κ2) is 6.89. The number of ether oxygens (including phenoxy) is 1. The molecule has 3 rings (SSSR count). The van der Waals surface area contributed by atoms with Crippen molar-refractivity contribution in [1.82, 2.24) is 10.2 Å². The number of fused-ring (bicyclic) bond motifs is 1. The number of hydrogen-bond donors (Lipinski definition) is 2. The van der Waals surface area contributed by atoms with E-state index in [4.69, 9.17) is 0 Å². The SMILES string of the molecule is COC(=O)C1=C(C(=O)O)CS[C@H]2C(NC(=O)Cc3cccs3)C(=O)N12. The molecule has 2 N–H and O–H groups in total. The first-order chi connectivity index (χ1) is 11.9. The van der Waals surface area contributed by atoms with Gasteiger partial charge in [-0.3, -0.25) is 14.5 Å². The third kappa shape index (κ3) is 3.14. The molecular weight excluding hydrogens is 368 g/mol. The molecule has 2 aliphatic rings. The summed E-state index contributed by atoms with van der Waals surface area (Å²) in [6.07, 6.45) is 0.166. The Kier molecular flexibility index (Phi) is 4.82. The molecule has 10 heteroatoms. The lowest BCUT2D eigenvalue weighted by atomic mass is 10.0. The number of nitrogens with zero attached hydrogens (tertiary/aromatic N) is 1. The van der Waals surface area contributed by atoms with Crippen LogP contribution in [-0.2, 0) is 30.3 Å². The number of carboxylic acid groups (broad SMARTS) is 1. The number of hydrogen-bond acceptors (Lipinski definition) is 7. The first-order valence-electron chi connectivity index (χ1n) is 7.25. The molecule has 1 fully saturated rings. The van der Waals surface area contributed by atoms with Gasteiger partial charge in [0.2, 0.25) is 5.91 Å². The van der Waals surface area contributed by atoms with E-state index in [0.29, 0.717) is 0 Å². The maximum Gasteiger partial charge on any atom is 0.355 e. The molecule has 132 valence electrons. The minimum atomic E-state index is -1.27. The first kappa shape index (κ1) is 17.5. The van der Waals surface area contributed by atoms with E-state index < -0.39 is 29.3 Å². The Balaban J connectivity index is 1.75. The largest absolute Gasteiger partial charge is 0.478 e. The highest BCUT2D eigenvalue weighted by molar-refractivity contribution is 8.00. The van der Waals surface area contributed by atoms with Crippen LogP contribution in [0.3, 0.4) is 0 Å². The van der Waals surface area contributed by atoms with E-state index >= 15 is 0 Å². The number of methoxy groups -OCH3 is 1. The van der Waals surface area contributed by atoms with Crippen molar-refractivity contribution in [2.75, 3.05) is 12.9 Å². The molecule has 1 saturated heterocycles. The highest BCUT2D eigenvalue weighted by atomic mass is 32.2. The van der Waals surface area contributed by atoms with Crippen molar-refractivity contribution >= 4 is 46.9 Å². The minimum Gasteiger partial charge on any atom is -0.478 e. The Hall–Kier alpha value is -2.33. The van der Waals surface area contributed by atoms with Crippen LogP contribution in [0.5, 0.6) is 0 Å². The highest BCUT2D eigenvalue weighted by Crippen LogP contribution is 2.40. The summed E-state index contributed by atoms with van der Waals surface area (Å²) < 4.78 is 4.61. The number of β-lactam (4-membered cyclic amide) rings is 1. The summed E-state index contributed by atoms with van der Waals surface area (Å²) in [5.41, 5.74) is -0.433. The van der Waals surface area contributed by atoms with Crippen molar-refractivity contribution in [2.45, 2.75) is 17.8 Å². The Bertz CT molecular complexity index is 773. The zero-order valence-electron chi connectivity index (χ0n) is 13.1. The average Bonchev–Trinajstić information content (AvgIpc) is 3.10. The van der Waals surface area contributed by atoms with Crippen LogP contribution in [0, 0.1) is 0 Å². The number of carbonyl (C=O) groups is 4. The van der Waals surface area contributed by atoms with E-state index in [1.807, 2.05) is 17.5 Å². The van der Waals surface area contributed by atoms with Gasteiger partial charge < -0.3 is 15.2 Å². The smallest absolute Gasteiger partial charge is 0.355 e. The molecule has 0 aliphatic carbocycles. The summed E-state index contributed by atoms with van der Waals surface area (Å²) in [6.45, 7) is 0. The van der Waals surface area contributed by atoms with Crippen LogP contribution in [0.4, 0.5) is 0 Å². The van der Waals surface area contributed by atoms with Crippen molar-refractivity contribution in [1.29, 1.82) is 0 Å². The molecule has 0 bridgehead atoms. The zero-order chi connectivity index (χ0) is 18.1.